The Balaban J connectivity index is 1.62. The van der Waals surface area contributed by atoms with E-state index in [2.05, 4.69) is 5.32 Å². The summed E-state index contributed by atoms with van der Waals surface area (Å²) in [4.78, 5) is 49.2. The SMILES string of the molecule is O=C1NC(=O)N(c2ccc(Cl)cc2)C(=O)/C1=C/c1ccccc1OCc1cccc([N+](=O)[O-])c1. The van der Waals surface area contributed by atoms with Gasteiger partial charge in [0.15, 0.2) is 0 Å². The van der Waals surface area contributed by atoms with Crippen molar-refractivity contribution in [3.05, 3.63) is 105 Å². The Hall–Kier alpha value is -4.50. The standard InChI is InChI=1S/C24H16ClN3O6/c25-17-8-10-18(11-9-17)27-23(30)20(22(29)26-24(27)31)13-16-5-1-2-7-21(16)34-14-15-4-3-6-19(12-15)28(32)33/h1-13H,14H2,(H,26,29,31)/b20-13+. The summed E-state index contributed by atoms with van der Waals surface area (Å²) in [6, 6.07) is 17.8. The van der Waals surface area contributed by atoms with Crippen LogP contribution in [0.3, 0.4) is 0 Å². The topological polar surface area (TPSA) is 119 Å². The van der Waals surface area contributed by atoms with E-state index in [1.165, 1.54) is 42.5 Å². The van der Waals surface area contributed by atoms with Gasteiger partial charge in [0.2, 0.25) is 0 Å². The fourth-order valence-corrected chi connectivity index (χ4v) is 3.42. The first-order chi connectivity index (χ1) is 16.3. The highest BCUT2D eigenvalue weighted by Gasteiger charge is 2.36. The van der Waals surface area contributed by atoms with Crippen LogP contribution in [0.15, 0.2) is 78.4 Å². The van der Waals surface area contributed by atoms with Gasteiger partial charge in [0.25, 0.3) is 17.5 Å². The number of hydrogen-bond acceptors (Lipinski definition) is 6. The Morgan fingerprint density at radius 3 is 2.47 bits per heavy atom. The number of benzene rings is 3. The number of carbonyl (C=O) groups excluding carboxylic acids is 3. The summed E-state index contributed by atoms with van der Waals surface area (Å²) in [5.41, 5.74) is 0.911. The summed E-state index contributed by atoms with van der Waals surface area (Å²) in [5.74, 6) is -1.30. The van der Waals surface area contributed by atoms with Crippen LogP contribution in [0.1, 0.15) is 11.1 Å². The third-order valence-corrected chi connectivity index (χ3v) is 5.17. The van der Waals surface area contributed by atoms with Crippen LogP contribution in [0.4, 0.5) is 16.2 Å². The predicted molar refractivity (Wildman–Crippen MR) is 124 cm³/mol. The van der Waals surface area contributed by atoms with Crippen molar-refractivity contribution >= 4 is 46.9 Å². The van der Waals surface area contributed by atoms with E-state index in [9.17, 15) is 24.5 Å². The minimum absolute atomic E-state index is 0.0252. The zero-order valence-corrected chi connectivity index (χ0v) is 18.2. The zero-order chi connectivity index (χ0) is 24.2. The van der Waals surface area contributed by atoms with Crippen LogP contribution in [0.5, 0.6) is 5.75 Å². The van der Waals surface area contributed by atoms with Gasteiger partial charge < -0.3 is 4.74 Å². The molecule has 1 N–H and O–H groups in total. The molecule has 1 aliphatic rings. The second-order valence-corrected chi connectivity index (χ2v) is 7.62. The van der Waals surface area contributed by atoms with E-state index < -0.39 is 22.8 Å². The average molecular weight is 478 g/mol. The van der Waals surface area contributed by atoms with Crippen molar-refractivity contribution in [2.75, 3.05) is 4.90 Å². The van der Waals surface area contributed by atoms with E-state index in [4.69, 9.17) is 16.3 Å². The highest BCUT2D eigenvalue weighted by molar-refractivity contribution is 6.39. The smallest absolute Gasteiger partial charge is 0.335 e. The summed E-state index contributed by atoms with van der Waals surface area (Å²) >= 11 is 5.88. The molecule has 170 valence electrons. The minimum Gasteiger partial charge on any atom is -0.488 e. The lowest BCUT2D eigenvalue weighted by atomic mass is 10.1. The number of carbonyl (C=O) groups is 3. The number of hydrogen-bond donors (Lipinski definition) is 1. The minimum atomic E-state index is -0.871. The van der Waals surface area contributed by atoms with Crippen molar-refractivity contribution in [2.24, 2.45) is 0 Å². The molecule has 0 radical (unpaired) electrons. The van der Waals surface area contributed by atoms with Gasteiger partial charge in [-0.25, -0.2) is 9.69 Å². The van der Waals surface area contributed by atoms with Crippen LogP contribution in [0.2, 0.25) is 5.02 Å². The number of ether oxygens (including phenoxy) is 1. The molecule has 34 heavy (non-hydrogen) atoms. The van der Waals surface area contributed by atoms with Gasteiger partial charge in [0.05, 0.1) is 10.6 Å². The molecule has 3 aromatic rings. The number of anilines is 1. The van der Waals surface area contributed by atoms with Gasteiger partial charge in [0, 0.05) is 22.7 Å². The number of urea groups is 1. The van der Waals surface area contributed by atoms with Crippen LogP contribution in [-0.4, -0.2) is 22.8 Å². The lowest BCUT2D eigenvalue weighted by Crippen LogP contribution is -2.54. The average Bonchev–Trinajstić information content (AvgIpc) is 2.82. The maximum absolute atomic E-state index is 13.1. The number of nitrogens with zero attached hydrogens (tertiary/aromatic N) is 2. The summed E-state index contributed by atoms with van der Waals surface area (Å²) in [5, 5.41) is 13.6. The molecule has 0 atom stereocenters. The number of imide groups is 2. The summed E-state index contributed by atoms with van der Waals surface area (Å²) in [6.07, 6.45) is 1.33. The Kier molecular flexibility index (Phi) is 6.37. The zero-order valence-electron chi connectivity index (χ0n) is 17.4. The summed E-state index contributed by atoms with van der Waals surface area (Å²) < 4.78 is 5.81. The Morgan fingerprint density at radius 1 is 1.00 bits per heavy atom. The second kappa shape index (κ2) is 9.55. The number of nitro benzene ring substituents is 1. The van der Waals surface area contributed by atoms with Gasteiger partial charge in [-0.1, -0.05) is 41.9 Å². The summed E-state index contributed by atoms with van der Waals surface area (Å²) in [6.45, 7) is 0.0252. The quantitative estimate of drug-likeness (QED) is 0.242. The van der Waals surface area contributed by atoms with Crippen LogP contribution in [-0.2, 0) is 16.2 Å². The number of non-ortho nitro benzene ring substituents is 1. The molecule has 0 aromatic heterocycles. The van der Waals surface area contributed by atoms with Crippen LogP contribution in [0.25, 0.3) is 6.08 Å². The number of amides is 4. The van der Waals surface area contributed by atoms with Crippen molar-refractivity contribution in [3.8, 4) is 5.75 Å². The molecule has 4 rings (SSSR count). The Morgan fingerprint density at radius 2 is 1.74 bits per heavy atom. The monoisotopic (exact) mass is 477 g/mol. The number of nitrogens with one attached hydrogen (secondary N) is 1. The lowest BCUT2D eigenvalue weighted by Gasteiger charge is -2.26. The number of nitro groups is 1. The van der Waals surface area contributed by atoms with Gasteiger partial charge in [-0.05, 0) is 42.0 Å². The third-order valence-electron chi connectivity index (χ3n) is 4.92. The van der Waals surface area contributed by atoms with Crippen LogP contribution >= 0.6 is 11.6 Å². The molecule has 0 saturated carbocycles. The fraction of sp³-hybridized carbons (Fsp3) is 0.0417. The van der Waals surface area contributed by atoms with Gasteiger partial charge in [-0.2, -0.15) is 0 Å². The van der Waals surface area contributed by atoms with Gasteiger partial charge in [-0.15, -0.1) is 0 Å². The second-order valence-electron chi connectivity index (χ2n) is 7.19. The Labute approximate surface area is 198 Å². The molecular formula is C24H16ClN3O6. The van der Waals surface area contributed by atoms with E-state index in [1.807, 2.05) is 0 Å². The molecule has 0 bridgehead atoms. The van der Waals surface area contributed by atoms with E-state index in [1.54, 1.807) is 36.4 Å². The van der Waals surface area contributed by atoms with Gasteiger partial charge >= 0.3 is 6.03 Å². The van der Waals surface area contributed by atoms with E-state index in [0.29, 0.717) is 21.9 Å². The molecule has 0 aliphatic carbocycles. The van der Waals surface area contributed by atoms with E-state index >= 15 is 0 Å². The van der Waals surface area contributed by atoms with Crippen molar-refractivity contribution in [1.82, 2.24) is 5.32 Å². The number of barbiturate groups is 1. The first kappa shape index (κ1) is 22.7. The van der Waals surface area contributed by atoms with Crippen molar-refractivity contribution in [3.63, 3.8) is 0 Å². The van der Waals surface area contributed by atoms with E-state index in [0.717, 1.165) is 4.90 Å². The molecule has 9 nitrogen and oxygen atoms in total. The highest BCUT2D eigenvalue weighted by atomic mass is 35.5. The van der Waals surface area contributed by atoms with Crippen molar-refractivity contribution in [2.45, 2.75) is 6.61 Å². The van der Waals surface area contributed by atoms with Crippen molar-refractivity contribution in [1.29, 1.82) is 0 Å². The molecule has 1 aliphatic heterocycles. The molecular weight excluding hydrogens is 462 g/mol. The normalized spacial score (nSPS) is 14.8. The maximum Gasteiger partial charge on any atom is 0.335 e. The molecule has 4 amide bonds. The first-order valence-electron chi connectivity index (χ1n) is 9.95. The van der Waals surface area contributed by atoms with Crippen LogP contribution in [0, 0.1) is 10.1 Å². The van der Waals surface area contributed by atoms with Gasteiger partial charge in [-0.3, -0.25) is 25.0 Å². The lowest BCUT2D eigenvalue weighted by molar-refractivity contribution is -0.384. The van der Waals surface area contributed by atoms with Crippen LogP contribution < -0.4 is 15.0 Å². The Bertz CT molecular complexity index is 1340. The van der Waals surface area contributed by atoms with Gasteiger partial charge in [0.1, 0.15) is 17.9 Å². The third kappa shape index (κ3) is 4.79. The predicted octanol–water partition coefficient (Wildman–Crippen LogP) is 4.49. The number of rotatable bonds is 6. The number of halogens is 1. The number of para-hydroxylation sites is 1. The highest BCUT2D eigenvalue weighted by Crippen LogP contribution is 2.27. The molecule has 0 unspecified atom stereocenters. The molecule has 1 heterocycles. The van der Waals surface area contributed by atoms with E-state index in [-0.39, 0.29) is 23.6 Å². The molecule has 1 saturated heterocycles. The maximum atomic E-state index is 13.1. The van der Waals surface area contributed by atoms with Crippen molar-refractivity contribution < 1.29 is 24.0 Å². The summed E-state index contributed by atoms with van der Waals surface area (Å²) in [7, 11) is 0. The molecule has 10 heteroatoms. The molecule has 1 fully saturated rings. The largest absolute Gasteiger partial charge is 0.488 e. The fourth-order valence-electron chi connectivity index (χ4n) is 3.29. The first-order valence-corrected chi connectivity index (χ1v) is 10.3. The molecule has 3 aromatic carbocycles. The molecule has 0 spiro atoms.